The van der Waals surface area contributed by atoms with E-state index >= 15 is 0 Å². The molecule has 0 heterocycles. The molecule has 1 aliphatic rings. The summed E-state index contributed by atoms with van der Waals surface area (Å²) in [7, 11) is 0. The SMILES string of the molecule is O=C(O)CC1(COc2ccc(CO)cc2)CC1. The first kappa shape index (κ1) is 11.9. The number of carboxylic acids is 1. The van der Waals surface area contributed by atoms with E-state index in [1.165, 1.54) is 0 Å². The zero-order chi connectivity index (χ0) is 12.3. The Hall–Kier alpha value is -1.55. The van der Waals surface area contributed by atoms with Crippen molar-refractivity contribution in [3.63, 3.8) is 0 Å². The van der Waals surface area contributed by atoms with E-state index in [9.17, 15) is 4.79 Å². The Morgan fingerprint density at radius 1 is 1.29 bits per heavy atom. The van der Waals surface area contributed by atoms with Gasteiger partial charge in [0.15, 0.2) is 0 Å². The molecule has 1 saturated carbocycles. The summed E-state index contributed by atoms with van der Waals surface area (Å²) in [5.41, 5.74) is 0.686. The second-order valence-corrected chi connectivity index (χ2v) is 4.66. The van der Waals surface area contributed by atoms with Crippen molar-refractivity contribution in [2.45, 2.75) is 25.9 Å². The van der Waals surface area contributed by atoms with Gasteiger partial charge < -0.3 is 14.9 Å². The lowest BCUT2D eigenvalue weighted by Gasteiger charge is -2.14. The predicted octanol–water partition coefficient (Wildman–Crippen LogP) is 1.81. The summed E-state index contributed by atoms with van der Waals surface area (Å²) in [5, 5.41) is 17.7. The molecule has 0 bridgehead atoms. The van der Waals surface area contributed by atoms with E-state index in [0.717, 1.165) is 24.2 Å². The van der Waals surface area contributed by atoms with Gasteiger partial charge in [-0.2, -0.15) is 0 Å². The molecule has 0 amide bonds. The molecule has 4 heteroatoms. The van der Waals surface area contributed by atoms with Gasteiger partial charge in [-0.05, 0) is 30.5 Å². The summed E-state index contributed by atoms with van der Waals surface area (Å²) < 4.78 is 5.59. The van der Waals surface area contributed by atoms with Crippen LogP contribution in [0, 0.1) is 5.41 Å². The number of hydrogen-bond acceptors (Lipinski definition) is 3. The molecular formula is C13H16O4. The van der Waals surface area contributed by atoms with Crippen LogP contribution in [0.1, 0.15) is 24.8 Å². The Kier molecular flexibility index (Phi) is 3.33. The highest BCUT2D eigenvalue weighted by Crippen LogP contribution is 2.48. The van der Waals surface area contributed by atoms with Crippen LogP contribution in [0.3, 0.4) is 0 Å². The van der Waals surface area contributed by atoms with Crippen molar-refractivity contribution < 1.29 is 19.7 Å². The van der Waals surface area contributed by atoms with Crippen LogP contribution in [-0.2, 0) is 11.4 Å². The average Bonchev–Trinajstić information content (AvgIpc) is 3.06. The highest BCUT2D eigenvalue weighted by molar-refractivity contribution is 5.68. The topological polar surface area (TPSA) is 66.8 Å². The Morgan fingerprint density at radius 3 is 2.41 bits per heavy atom. The first-order valence-electron chi connectivity index (χ1n) is 5.68. The van der Waals surface area contributed by atoms with E-state index in [1.807, 2.05) is 0 Å². The molecule has 17 heavy (non-hydrogen) atoms. The molecule has 2 N–H and O–H groups in total. The molecule has 1 aromatic carbocycles. The number of carboxylic acid groups (broad SMARTS) is 1. The second-order valence-electron chi connectivity index (χ2n) is 4.66. The molecule has 0 aliphatic heterocycles. The minimum absolute atomic E-state index is 0.0171. The maximum Gasteiger partial charge on any atom is 0.304 e. The predicted molar refractivity (Wildman–Crippen MR) is 61.8 cm³/mol. The van der Waals surface area contributed by atoms with E-state index in [0.29, 0.717) is 6.61 Å². The lowest BCUT2D eigenvalue weighted by Crippen LogP contribution is -2.17. The van der Waals surface area contributed by atoms with Gasteiger partial charge in [0.25, 0.3) is 0 Å². The number of aliphatic hydroxyl groups excluding tert-OH is 1. The van der Waals surface area contributed by atoms with Crippen molar-refractivity contribution in [2.75, 3.05) is 6.61 Å². The molecule has 0 saturated heterocycles. The lowest BCUT2D eigenvalue weighted by atomic mass is 10.0. The Morgan fingerprint density at radius 2 is 1.94 bits per heavy atom. The van der Waals surface area contributed by atoms with Gasteiger partial charge in [-0.1, -0.05) is 12.1 Å². The third-order valence-electron chi connectivity index (χ3n) is 3.13. The van der Waals surface area contributed by atoms with Crippen LogP contribution in [0.25, 0.3) is 0 Å². The largest absolute Gasteiger partial charge is 0.493 e. The smallest absolute Gasteiger partial charge is 0.304 e. The first-order valence-corrected chi connectivity index (χ1v) is 5.68. The van der Waals surface area contributed by atoms with Crippen LogP contribution in [0.15, 0.2) is 24.3 Å². The molecule has 4 nitrogen and oxygen atoms in total. The fraction of sp³-hybridized carbons (Fsp3) is 0.462. The van der Waals surface area contributed by atoms with Gasteiger partial charge in [-0.3, -0.25) is 4.79 Å². The van der Waals surface area contributed by atoms with Gasteiger partial charge in [0.1, 0.15) is 5.75 Å². The number of aliphatic hydroxyl groups is 1. The molecule has 0 spiro atoms. The van der Waals surface area contributed by atoms with Crippen molar-refractivity contribution >= 4 is 5.97 Å². The van der Waals surface area contributed by atoms with E-state index in [1.54, 1.807) is 24.3 Å². The number of ether oxygens (including phenoxy) is 1. The Labute approximate surface area is 99.8 Å². The fourth-order valence-corrected chi connectivity index (χ4v) is 1.80. The molecule has 1 aliphatic carbocycles. The summed E-state index contributed by atoms with van der Waals surface area (Å²) in [6.45, 7) is 0.473. The van der Waals surface area contributed by atoms with Gasteiger partial charge in [-0.25, -0.2) is 0 Å². The molecule has 2 rings (SSSR count). The quantitative estimate of drug-likeness (QED) is 0.790. The van der Waals surface area contributed by atoms with E-state index in [2.05, 4.69) is 0 Å². The molecule has 0 atom stereocenters. The third-order valence-corrected chi connectivity index (χ3v) is 3.13. The number of benzene rings is 1. The zero-order valence-corrected chi connectivity index (χ0v) is 9.56. The molecule has 0 radical (unpaired) electrons. The first-order chi connectivity index (χ1) is 8.13. The van der Waals surface area contributed by atoms with Crippen molar-refractivity contribution in [3.8, 4) is 5.75 Å². The Balaban J connectivity index is 1.87. The fourth-order valence-electron chi connectivity index (χ4n) is 1.80. The van der Waals surface area contributed by atoms with Crippen molar-refractivity contribution in [1.82, 2.24) is 0 Å². The van der Waals surface area contributed by atoms with Crippen molar-refractivity contribution in [2.24, 2.45) is 5.41 Å². The van der Waals surface area contributed by atoms with Crippen LogP contribution in [0.5, 0.6) is 5.75 Å². The van der Waals surface area contributed by atoms with E-state index in [-0.39, 0.29) is 18.4 Å². The summed E-state index contributed by atoms with van der Waals surface area (Å²) in [6.07, 6.45) is 2.03. The monoisotopic (exact) mass is 236 g/mol. The lowest BCUT2D eigenvalue weighted by molar-refractivity contribution is -0.138. The minimum atomic E-state index is -0.762. The molecule has 0 aromatic heterocycles. The third kappa shape index (κ3) is 3.20. The highest BCUT2D eigenvalue weighted by Gasteiger charge is 2.45. The maximum absolute atomic E-state index is 10.7. The number of aliphatic carboxylic acids is 1. The van der Waals surface area contributed by atoms with Gasteiger partial charge in [0.2, 0.25) is 0 Å². The Bertz CT molecular complexity index is 392. The standard InChI is InChI=1S/C13H16O4/c14-8-10-1-3-11(4-2-10)17-9-13(5-6-13)7-12(15)16/h1-4,14H,5-9H2,(H,15,16). The number of rotatable bonds is 6. The van der Waals surface area contributed by atoms with Crippen LogP contribution < -0.4 is 4.74 Å². The van der Waals surface area contributed by atoms with Crippen molar-refractivity contribution in [1.29, 1.82) is 0 Å². The summed E-state index contributed by atoms with van der Waals surface area (Å²) in [6, 6.07) is 7.18. The van der Waals surface area contributed by atoms with E-state index < -0.39 is 5.97 Å². The van der Waals surface area contributed by atoms with E-state index in [4.69, 9.17) is 14.9 Å². The van der Waals surface area contributed by atoms with Gasteiger partial charge in [0, 0.05) is 5.41 Å². The number of hydrogen-bond donors (Lipinski definition) is 2. The molecule has 1 fully saturated rings. The maximum atomic E-state index is 10.7. The summed E-state index contributed by atoms with van der Waals surface area (Å²) >= 11 is 0. The molecular weight excluding hydrogens is 220 g/mol. The zero-order valence-electron chi connectivity index (χ0n) is 9.56. The normalized spacial score (nSPS) is 16.5. The van der Waals surface area contributed by atoms with Gasteiger partial charge >= 0.3 is 5.97 Å². The second kappa shape index (κ2) is 4.75. The minimum Gasteiger partial charge on any atom is -0.493 e. The van der Waals surface area contributed by atoms with Crippen LogP contribution in [0.2, 0.25) is 0 Å². The molecule has 1 aromatic rings. The number of carbonyl (C=O) groups is 1. The van der Waals surface area contributed by atoms with Crippen LogP contribution >= 0.6 is 0 Å². The van der Waals surface area contributed by atoms with Crippen LogP contribution in [0.4, 0.5) is 0 Å². The molecule has 92 valence electrons. The van der Waals surface area contributed by atoms with Crippen LogP contribution in [-0.4, -0.2) is 22.8 Å². The highest BCUT2D eigenvalue weighted by atomic mass is 16.5. The van der Waals surface area contributed by atoms with Gasteiger partial charge in [0.05, 0.1) is 19.6 Å². The summed E-state index contributed by atoms with van der Waals surface area (Å²) in [5.74, 6) is -0.0411. The summed E-state index contributed by atoms with van der Waals surface area (Å²) in [4.78, 5) is 10.7. The molecule has 0 unspecified atom stereocenters. The average molecular weight is 236 g/mol. The van der Waals surface area contributed by atoms with Gasteiger partial charge in [-0.15, -0.1) is 0 Å². The van der Waals surface area contributed by atoms with Crippen molar-refractivity contribution in [3.05, 3.63) is 29.8 Å².